The fourth-order valence-corrected chi connectivity index (χ4v) is 5.21. The van der Waals surface area contributed by atoms with Crippen molar-refractivity contribution >= 4 is 17.1 Å². The first-order valence-corrected chi connectivity index (χ1v) is 12.7. The van der Waals surface area contributed by atoms with E-state index in [0.29, 0.717) is 18.3 Å². The smallest absolute Gasteiger partial charge is 0.420 e. The molecule has 0 aliphatic carbocycles. The van der Waals surface area contributed by atoms with Crippen LogP contribution in [0, 0.1) is 11.3 Å². The van der Waals surface area contributed by atoms with E-state index in [4.69, 9.17) is 14.5 Å². The number of nitrogens with one attached hydrogen (secondary N) is 1. The van der Waals surface area contributed by atoms with Gasteiger partial charge in [-0.1, -0.05) is 6.07 Å². The van der Waals surface area contributed by atoms with E-state index in [1.165, 1.54) is 27.7 Å². The average molecular weight is 487 g/mol. The number of nitriles is 1. The number of rotatable bonds is 3. The molecule has 0 bridgehead atoms. The van der Waals surface area contributed by atoms with Crippen molar-refractivity contribution in [3.8, 4) is 17.2 Å². The summed E-state index contributed by atoms with van der Waals surface area (Å²) in [6.45, 7) is 11.6. The van der Waals surface area contributed by atoms with E-state index in [1.54, 1.807) is 6.20 Å². The van der Waals surface area contributed by atoms with Crippen molar-refractivity contribution in [1.82, 2.24) is 14.9 Å². The van der Waals surface area contributed by atoms with Crippen molar-refractivity contribution in [1.29, 1.82) is 5.26 Å². The Balaban J connectivity index is 1.66. The Bertz CT molecular complexity index is 1370. The Labute approximate surface area is 212 Å². The number of benzene rings is 1. The van der Waals surface area contributed by atoms with Crippen LogP contribution < -0.4 is 5.32 Å². The molecule has 0 saturated carbocycles. The minimum atomic E-state index is -0.808. The molecule has 3 aromatic rings. The largest absolute Gasteiger partial charge is 0.443 e. The molecule has 1 saturated heterocycles. The lowest BCUT2D eigenvalue weighted by atomic mass is 9.85. The van der Waals surface area contributed by atoms with Gasteiger partial charge in [0.2, 0.25) is 0 Å². The maximum atomic E-state index is 13.0. The van der Waals surface area contributed by atoms with Crippen LogP contribution in [0.3, 0.4) is 0 Å². The zero-order valence-corrected chi connectivity index (χ0v) is 21.8. The van der Waals surface area contributed by atoms with Crippen molar-refractivity contribution in [2.45, 2.75) is 77.5 Å². The second-order valence-electron chi connectivity index (χ2n) is 11.4. The summed E-state index contributed by atoms with van der Waals surface area (Å²) in [6.07, 6.45) is 6.20. The minimum Gasteiger partial charge on any atom is -0.443 e. The van der Waals surface area contributed by atoms with Gasteiger partial charge in [-0.25, -0.2) is 14.3 Å². The van der Waals surface area contributed by atoms with Crippen LogP contribution in [-0.4, -0.2) is 34.4 Å². The lowest BCUT2D eigenvalue weighted by molar-refractivity contribution is 0.0543. The molecule has 7 heteroatoms. The number of carbonyl (C=O) groups is 1. The zero-order chi connectivity index (χ0) is 25.7. The molecular formula is C29H34N4O3. The lowest BCUT2D eigenvalue weighted by Gasteiger charge is -2.24. The summed E-state index contributed by atoms with van der Waals surface area (Å²) in [5.74, 6) is 0. The molecule has 2 aromatic heterocycles. The predicted octanol–water partition coefficient (Wildman–Crippen LogP) is 5.78. The van der Waals surface area contributed by atoms with Gasteiger partial charge >= 0.3 is 6.09 Å². The Morgan fingerprint density at radius 2 is 2.03 bits per heavy atom. The topological polar surface area (TPSA) is 89.2 Å². The van der Waals surface area contributed by atoms with Crippen LogP contribution in [0.15, 0.2) is 30.6 Å². The third kappa shape index (κ3) is 4.52. The number of carbonyl (C=O) groups excluding carboxylic acids is 1. The monoisotopic (exact) mass is 486 g/mol. The summed E-state index contributed by atoms with van der Waals surface area (Å²) in [5.41, 5.74) is 5.80. The van der Waals surface area contributed by atoms with Gasteiger partial charge < -0.3 is 14.8 Å². The number of fused-ring (bicyclic) bond motifs is 2. The maximum Gasteiger partial charge on any atom is 0.420 e. The summed E-state index contributed by atoms with van der Waals surface area (Å²) in [7, 11) is 0. The third-order valence-electron chi connectivity index (χ3n) is 7.09. The first-order chi connectivity index (χ1) is 17.1. The SMILES string of the molecule is CC(C)(C)OC(=O)n1cc(C(C)(C)C#N)c2cc(-c3cc4c(c([C@@H]5CCCN5)c3)COCC4)cnc21. The van der Waals surface area contributed by atoms with Crippen LogP contribution in [0.25, 0.3) is 22.2 Å². The standard InChI is InChI=1S/C29H34N4O3/c1-28(2,3)36-27(34)33-15-24(29(4,5)17-30)22-13-20(14-32-26(22)33)19-11-18-8-10-35-16-23(18)21(12-19)25-7-6-9-31-25/h11-15,25,31H,6-10,16H2,1-5H3/t25-/m0/s1. The highest BCUT2D eigenvalue weighted by Gasteiger charge is 2.30. The molecule has 2 aliphatic heterocycles. The fourth-order valence-electron chi connectivity index (χ4n) is 5.21. The Hall–Kier alpha value is -3.21. The summed E-state index contributed by atoms with van der Waals surface area (Å²) in [4.78, 5) is 17.7. The summed E-state index contributed by atoms with van der Waals surface area (Å²) in [5, 5.41) is 14.3. The summed E-state index contributed by atoms with van der Waals surface area (Å²) < 4.78 is 12.9. The predicted molar refractivity (Wildman–Crippen MR) is 139 cm³/mol. The number of ether oxygens (including phenoxy) is 2. The quantitative estimate of drug-likeness (QED) is 0.504. The molecule has 0 amide bonds. The number of hydrogen-bond acceptors (Lipinski definition) is 6. The van der Waals surface area contributed by atoms with Crippen LogP contribution in [0.4, 0.5) is 4.79 Å². The van der Waals surface area contributed by atoms with E-state index in [2.05, 4.69) is 29.6 Å². The van der Waals surface area contributed by atoms with E-state index in [9.17, 15) is 10.1 Å². The molecule has 188 valence electrons. The van der Waals surface area contributed by atoms with E-state index in [-0.39, 0.29) is 0 Å². The first-order valence-electron chi connectivity index (χ1n) is 12.7. The minimum absolute atomic E-state index is 0.332. The zero-order valence-electron chi connectivity index (χ0n) is 21.8. The molecule has 1 atom stereocenters. The van der Waals surface area contributed by atoms with Gasteiger partial charge in [0.1, 0.15) is 11.2 Å². The van der Waals surface area contributed by atoms with Gasteiger partial charge in [-0.05, 0) is 100 Å². The van der Waals surface area contributed by atoms with Gasteiger partial charge in [0.15, 0.2) is 0 Å². The molecule has 4 heterocycles. The normalized spacial score (nSPS) is 18.2. The van der Waals surface area contributed by atoms with Gasteiger partial charge in [0.05, 0.1) is 24.7 Å². The Morgan fingerprint density at radius 3 is 2.72 bits per heavy atom. The molecule has 1 N–H and O–H groups in total. The Morgan fingerprint density at radius 1 is 1.22 bits per heavy atom. The maximum absolute atomic E-state index is 13.0. The van der Waals surface area contributed by atoms with Gasteiger partial charge in [-0.2, -0.15) is 5.26 Å². The van der Waals surface area contributed by atoms with Crippen LogP contribution in [0.5, 0.6) is 0 Å². The van der Waals surface area contributed by atoms with Crippen LogP contribution in [0.1, 0.15) is 75.8 Å². The number of nitrogens with zero attached hydrogens (tertiary/aromatic N) is 3. The van der Waals surface area contributed by atoms with E-state index in [1.807, 2.05) is 40.8 Å². The van der Waals surface area contributed by atoms with E-state index < -0.39 is 17.1 Å². The van der Waals surface area contributed by atoms with Gasteiger partial charge in [-0.3, -0.25) is 0 Å². The van der Waals surface area contributed by atoms with Crippen molar-refractivity contribution in [3.63, 3.8) is 0 Å². The fraction of sp³-hybridized carbons (Fsp3) is 0.483. The summed E-state index contributed by atoms with van der Waals surface area (Å²) >= 11 is 0. The van der Waals surface area contributed by atoms with Crippen molar-refractivity contribution in [3.05, 3.63) is 52.8 Å². The average Bonchev–Trinajstić information content (AvgIpc) is 3.50. The third-order valence-corrected chi connectivity index (χ3v) is 7.09. The molecule has 0 radical (unpaired) electrons. The highest BCUT2D eigenvalue weighted by molar-refractivity contribution is 5.93. The van der Waals surface area contributed by atoms with E-state index >= 15 is 0 Å². The summed E-state index contributed by atoms with van der Waals surface area (Å²) in [6, 6.07) is 9.29. The molecular weight excluding hydrogens is 452 g/mol. The second-order valence-corrected chi connectivity index (χ2v) is 11.4. The van der Waals surface area contributed by atoms with Crippen molar-refractivity contribution < 1.29 is 14.3 Å². The molecule has 5 rings (SSSR count). The van der Waals surface area contributed by atoms with Gasteiger partial charge in [0, 0.05) is 29.4 Å². The number of hydrogen-bond donors (Lipinski definition) is 1. The molecule has 1 fully saturated rings. The Kier molecular flexibility index (Phi) is 6.14. The van der Waals surface area contributed by atoms with Crippen LogP contribution >= 0.6 is 0 Å². The second kappa shape index (κ2) is 9.02. The molecule has 0 spiro atoms. The number of pyridine rings is 1. The lowest BCUT2D eigenvalue weighted by Crippen LogP contribution is -2.27. The number of aromatic nitrogens is 2. The van der Waals surface area contributed by atoms with Crippen molar-refractivity contribution in [2.24, 2.45) is 0 Å². The van der Waals surface area contributed by atoms with Crippen LogP contribution in [0.2, 0.25) is 0 Å². The first kappa shape index (κ1) is 24.5. The highest BCUT2D eigenvalue weighted by atomic mass is 16.6. The van der Waals surface area contributed by atoms with Crippen LogP contribution in [-0.2, 0) is 27.9 Å². The molecule has 0 unspecified atom stereocenters. The molecule has 36 heavy (non-hydrogen) atoms. The van der Waals surface area contributed by atoms with Crippen molar-refractivity contribution in [2.75, 3.05) is 13.2 Å². The molecule has 2 aliphatic rings. The molecule has 7 nitrogen and oxygen atoms in total. The highest BCUT2D eigenvalue weighted by Crippen LogP contribution is 2.37. The van der Waals surface area contributed by atoms with Gasteiger partial charge in [0.25, 0.3) is 0 Å². The van der Waals surface area contributed by atoms with E-state index in [0.717, 1.165) is 48.1 Å². The molecule has 1 aromatic carbocycles. The van der Waals surface area contributed by atoms with Gasteiger partial charge in [-0.15, -0.1) is 0 Å².